The summed E-state index contributed by atoms with van der Waals surface area (Å²) in [5.74, 6) is 0.102. The van der Waals surface area contributed by atoms with Gasteiger partial charge in [-0.05, 0) is 67.8 Å². The lowest BCUT2D eigenvalue weighted by molar-refractivity contribution is -0.387. The van der Waals surface area contributed by atoms with Gasteiger partial charge in [-0.25, -0.2) is 4.79 Å². The first-order valence-corrected chi connectivity index (χ1v) is 9.99. The van der Waals surface area contributed by atoms with Crippen molar-refractivity contribution in [1.82, 2.24) is 0 Å². The molecule has 1 aromatic carbocycles. The fourth-order valence-corrected chi connectivity index (χ4v) is 5.97. The van der Waals surface area contributed by atoms with E-state index in [-0.39, 0.29) is 22.4 Å². The second-order valence-corrected chi connectivity index (χ2v) is 9.45. The van der Waals surface area contributed by atoms with Crippen LogP contribution in [0, 0.1) is 33.3 Å². The van der Waals surface area contributed by atoms with E-state index in [1.807, 2.05) is 0 Å². The molecule has 28 heavy (non-hydrogen) atoms. The molecule has 0 atom stereocenters. The lowest BCUT2D eigenvalue weighted by atomic mass is 9.50. The van der Waals surface area contributed by atoms with Gasteiger partial charge in [-0.2, -0.15) is 0 Å². The summed E-state index contributed by atoms with van der Waals surface area (Å²) in [7, 11) is 0. The van der Waals surface area contributed by atoms with Gasteiger partial charge < -0.3 is 14.6 Å². The van der Waals surface area contributed by atoms with Gasteiger partial charge in [0, 0.05) is 26.0 Å². The quantitative estimate of drug-likeness (QED) is 0.414. The molecule has 0 heterocycles. The van der Waals surface area contributed by atoms with Crippen LogP contribution in [0.1, 0.15) is 62.7 Å². The molecule has 0 unspecified atom stereocenters. The standard InChI is InChI=1S/C21H27NO6/c1-20(2,28-18-8-16(19(23)24)3-4-17(18)22(25)26)27-12-21-9-13-5-14(10-21)7-15(6-13)11-21/h3-4,8,13-15H,5-7,9-12H2,1-2H3,(H,23,24). The van der Waals surface area contributed by atoms with Crippen molar-refractivity contribution >= 4 is 11.7 Å². The Balaban J connectivity index is 1.48. The van der Waals surface area contributed by atoms with Crippen LogP contribution in [-0.4, -0.2) is 28.4 Å². The molecule has 1 aromatic rings. The molecule has 4 fully saturated rings. The van der Waals surface area contributed by atoms with E-state index in [0.29, 0.717) is 6.61 Å². The molecule has 4 aliphatic rings. The minimum absolute atomic E-state index is 0.0579. The molecule has 0 amide bonds. The highest BCUT2D eigenvalue weighted by Crippen LogP contribution is 2.60. The predicted molar refractivity (Wildman–Crippen MR) is 101 cm³/mol. The van der Waals surface area contributed by atoms with Crippen molar-refractivity contribution in [2.24, 2.45) is 23.2 Å². The number of nitro groups is 1. The lowest BCUT2D eigenvalue weighted by Crippen LogP contribution is -2.49. The van der Waals surface area contributed by atoms with Gasteiger partial charge in [0.15, 0.2) is 0 Å². The molecule has 4 bridgehead atoms. The van der Waals surface area contributed by atoms with Crippen LogP contribution in [0.3, 0.4) is 0 Å². The number of hydrogen-bond acceptors (Lipinski definition) is 5. The van der Waals surface area contributed by atoms with Crippen LogP contribution in [0.2, 0.25) is 0 Å². The number of carbonyl (C=O) groups is 1. The zero-order valence-electron chi connectivity index (χ0n) is 16.3. The zero-order chi connectivity index (χ0) is 20.1. The highest BCUT2D eigenvalue weighted by molar-refractivity contribution is 5.88. The van der Waals surface area contributed by atoms with Crippen molar-refractivity contribution < 1.29 is 24.3 Å². The summed E-state index contributed by atoms with van der Waals surface area (Å²) in [5, 5.41) is 20.5. The Kier molecular flexibility index (Phi) is 4.61. The molecular weight excluding hydrogens is 362 g/mol. The van der Waals surface area contributed by atoms with E-state index in [0.717, 1.165) is 23.8 Å². The molecule has 0 saturated heterocycles. The van der Waals surface area contributed by atoms with E-state index in [4.69, 9.17) is 9.47 Å². The van der Waals surface area contributed by atoms with E-state index in [9.17, 15) is 20.0 Å². The maximum atomic E-state index is 11.3. The molecule has 152 valence electrons. The van der Waals surface area contributed by atoms with Gasteiger partial charge in [-0.3, -0.25) is 10.1 Å². The van der Waals surface area contributed by atoms with Crippen LogP contribution in [0.25, 0.3) is 0 Å². The third kappa shape index (κ3) is 3.72. The molecule has 5 rings (SSSR count). The third-order valence-electron chi connectivity index (χ3n) is 6.65. The molecule has 4 saturated carbocycles. The minimum Gasteiger partial charge on any atom is -0.478 e. The summed E-state index contributed by atoms with van der Waals surface area (Å²) in [5.41, 5.74) is -0.126. The average Bonchev–Trinajstić information content (AvgIpc) is 2.58. The van der Waals surface area contributed by atoms with Crippen molar-refractivity contribution in [3.8, 4) is 5.75 Å². The molecular formula is C21H27NO6. The number of rotatable bonds is 7. The van der Waals surface area contributed by atoms with Crippen LogP contribution in [0.4, 0.5) is 5.69 Å². The Hall–Kier alpha value is -2.15. The number of ether oxygens (including phenoxy) is 2. The normalized spacial score (nSPS) is 31.0. The lowest BCUT2D eigenvalue weighted by Gasteiger charge is -2.57. The van der Waals surface area contributed by atoms with Gasteiger partial charge in [0.2, 0.25) is 11.5 Å². The smallest absolute Gasteiger partial charge is 0.335 e. The maximum Gasteiger partial charge on any atom is 0.335 e. The van der Waals surface area contributed by atoms with Crippen LogP contribution in [-0.2, 0) is 4.74 Å². The van der Waals surface area contributed by atoms with Crippen molar-refractivity contribution in [2.75, 3.05) is 6.61 Å². The molecule has 0 spiro atoms. The molecule has 1 N–H and O–H groups in total. The molecule has 0 aromatic heterocycles. The number of hydrogen-bond donors (Lipinski definition) is 1. The first-order chi connectivity index (χ1) is 13.1. The van der Waals surface area contributed by atoms with Crippen molar-refractivity contribution in [3.63, 3.8) is 0 Å². The molecule has 7 nitrogen and oxygen atoms in total. The summed E-state index contributed by atoms with van der Waals surface area (Å²) < 4.78 is 12.0. The first-order valence-electron chi connectivity index (χ1n) is 9.99. The molecule has 0 radical (unpaired) electrons. The number of nitrogens with zero attached hydrogens (tertiary/aromatic N) is 1. The number of carboxylic acid groups (broad SMARTS) is 1. The van der Waals surface area contributed by atoms with Gasteiger partial charge in [-0.1, -0.05) is 0 Å². The van der Waals surface area contributed by atoms with Gasteiger partial charge in [0.25, 0.3) is 0 Å². The van der Waals surface area contributed by atoms with Crippen LogP contribution in [0.15, 0.2) is 18.2 Å². The number of carboxylic acids is 1. The fraction of sp³-hybridized carbons (Fsp3) is 0.667. The fourth-order valence-electron chi connectivity index (χ4n) is 5.97. The summed E-state index contributed by atoms with van der Waals surface area (Å²) in [6.45, 7) is 4.03. The highest BCUT2D eigenvalue weighted by atomic mass is 16.7. The molecule has 7 heteroatoms. The highest BCUT2D eigenvalue weighted by Gasteiger charge is 2.51. The van der Waals surface area contributed by atoms with Gasteiger partial charge in [-0.15, -0.1) is 0 Å². The largest absolute Gasteiger partial charge is 0.478 e. The minimum atomic E-state index is -1.16. The van der Waals surface area contributed by atoms with Crippen molar-refractivity contribution in [3.05, 3.63) is 33.9 Å². The van der Waals surface area contributed by atoms with Crippen LogP contribution >= 0.6 is 0 Å². The van der Waals surface area contributed by atoms with Gasteiger partial charge in [0.05, 0.1) is 17.1 Å². The Morgan fingerprint density at radius 2 is 1.79 bits per heavy atom. The predicted octanol–water partition coefficient (Wildman–Crippen LogP) is 4.64. The van der Waals surface area contributed by atoms with Gasteiger partial charge >= 0.3 is 11.7 Å². The summed E-state index contributed by atoms with van der Waals surface area (Å²) in [6.07, 6.45) is 7.66. The Labute approximate surface area is 164 Å². The Morgan fingerprint density at radius 1 is 1.21 bits per heavy atom. The number of aromatic carboxylic acids is 1. The SMILES string of the molecule is CC(C)(OCC12CC3CC(CC(C3)C1)C2)Oc1cc(C(=O)O)ccc1[N+](=O)[O-]. The van der Waals surface area contributed by atoms with E-state index < -0.39 is 16.7 Å². The van der Waals surface area contributed by atoms with Gasteiger partial charge in [0.1, 0.15) is 0 Å². The summed E-state index contributed by atoms with van der Waals surface area (Å²) in [6, 6.07) is 3.56. The summed E-state index contributed by atoms with van der Waals surface area (Å²) in [4.78, 5) is 22.0. The molecule has 0 aliphatic heterocycles. The van der Waals surface area contributed by atoms with Crippen LogP contribution < -0.4 is 4.74 Å². The molecule has 4 aliphatic carbocycles. The number of benzene rings is 1. The van der Waals surface area contributed by atoms with E-state index in [1.165, 1.54) is 50.7 Å². The summed E-state index contributed by atoms with van der Waals surface area (Å²) >= 11 is 0. The Morgan fingerprint density at radius 3 is 2.29 bits per heavy atom. The second kappa shape index (κ2) is 6.72. The average molecular weight is 389 g/mol. The topological polar surface area (TPSA) is 98.9 Å². The monoisotopic (exact) mass is 389 g/mol. The van der Waals surface area contributed by atoms with Crippen molar-refractivity contribution in [2.45, 2.75) is 58.2 Å². The van der Waals surface area contributed by atoms with E-state index >= 15 is 0 Å². The van der Waals surface area contributed by atoms with Crippen molar-refractivity contribution in [1.29, 1.82) is 0 Å². The number of nitro benzene ring substituents is 1. The van der Waals surface area contributed by atoms with E-state index in [2.05, 4.69) is 0 Å². The third-order valence-corrected chi connectivity index (χ3v) is 6.65. The second-order valence-electron chi connectivity index (χ2n) is 9.45. The maximum absolute atomic E-state index is 11.3. The zero-order valence-corrected chi connectivity index (χ0v) is 16.3. The first kappa shape index (κ1) is 19.2. The Bertz CT molecular complexity index is 767. The van der Waals surface area contributed by atoms with E-state index in [1.54, 1.807) is 13.8 Å². The van der Waals surface area contributed by atoms with Crippen LogP contribution in [0.5, 0.6) is 5.75 Å².